The van der Waals surface area contributed by atoms with Crippen LogP contribution in [0, 0.1) is 18.2 Å². The Balaban J connectivity index is 1.88. The Morgan fingerprint density at radius 3 is 2.50 bits per heavy atom. The molecule has 1 aliphatic heterocycles. The summed E-state index contributed by atoms with van der Waals surface area (Å²) in [6.07, 6.45) is 1.08. The van der Waals surface area contributed by atoms with Crippen LogP contribution < -0.4 is 10.3 Å². The van der Waals surface area contributed by atoms with Gasteiger partial charge in [0.25, 0.3) is 0 Å². The van der Waals surface area contributed by atoms with E-state index in [-0.39, 0.29) is 5.82 Å². The first-order chi connectivity index (χ1) is 15.4. The van der Waals surface area contributed by atoms with Crippen molar-refractivity contribution >= 4 is 16.7 Å². The molecule has 0 radical (unpaired) electrons. The second-order valence-electron chi connectivity index (χ2n) is 8.57. The average Bonchev–Trinajstić information content (AvgIpc) is 2.76. The highest BCUT2D eigenvalue weighted by Gasteiger charge is 2.18. The number of rotatable bonds is 7. The molecule has 0 bridgehead atoms. The van der Waals surface area contributed by atoms with Crippen molar-refractivity contribution in [1.82, 2.24) is 4.90 Å². The Hall–Kier alpha value is -3.18. The van der Waals surface area contributed by atoms with Crippen molar-refractivity contribution in [3.63, 3.8) is 0 Å². The molecule has 0 saturated carbocycles. The number of hydrogen-bond donors (Lipinski definition) is 1. The smallest absolute Gasteiger partial charge is 0.137 e. The second-order valence-corrected chi connectivity index (χ2v) is 8.57. The van der Waals surface area contributed by atoms with E-state index >= 15 is 0 Å². The van der Waals surface area contributed by atoms with Crippen molar-refractivity contribution in [2.75, 3.05) is 38.6 Å². The minimum atomic E-state index is -0.213. The summed E-state index contributed by atoms with van der Waals surface area (Å²) in [7, 11) is 4.19. The summed E-state index contributed by atoms with van der Waals surface area (Å²) in [4.78, 5) is 4.55. The molecule has 0 atom stereocenters. The first-order valence-electron chi connectivity index (χ1n) is 11.1. The lowest BCUT2D eigenvalue weighted by Crippen LogP contribution is -2.26. The molecule has 2 aromatic carbocycles. The zero-order chi connectivity index (χ0) is 22.8. The minimum absolute atomic E-state index is 0.213. The molecule has 1 heterocycles. The summed E-state index contributed by atoms with van der Waals surface area (Å²) < 4.78 is 20.3. The van der Waals surface area contributed by atoms with E-state index in [4.69, 9.17) is 9.83 Å². The Morgan fingerprint density at radius 1 is 0.969 bits per heavy atom. The molecular formula is C27H30FN3O. The van der Waals surface area contributed by atoms with Gasteiger partial charge in [-0.25, -0.2) is 4.39 Å². The highest BCUT2D eigenvalue weighted by atomic mass is 19.1. The van der Waals surface area contributed by atoms with Crippen LogP contribution in [0.25, 0.3) is 33.4 Å². The molecule has 4 nitrogen and oxygen atoms in total. The van der Waals surface area contributed by atoms with Gasteiger partial charge in [0.2, 0.25) is 0 Å². The largest absolute Gasteiger partial charge is 0.456 e. The Kier molecular flexibility index (Phi) is 6.28. The van der Waals surface area contributed by atoms with Crippen LogP contribution in [-0.2, 0) is 0 Å². The first kappa shape index (κ1) is 22.0. The maximum atomic E-state index is 14.0. The second kappa shape index (κ2) is 9.13. The molecule has 0 aromatic heterocycles. The minimum Gasteiger partial charge on any atom is -0.456 e. The highest BCUT2D eigenvalue weighted by molar-refractivity contribution is 6.02. The molecule has 0 unspecified atom stereocenters. The van der Waals surface area contributed by atoms with E-state index in [2.05, 4.69) is 49.0 Å². The summed E-state index contributed by atoms with van der Waals surface area (Å²) >= 11 is 0. The van der Waals surface area contributed by atoms with Crippen LogP contribution in [-0.4, -0.2) is 38.6 Å². The zero-order valence-electron chi connectivity index (χ0n) is 19.2. The van der Waals surface area contributed by atoms with Crippen molar-refractivity contribution in [2.24, 2.45) is 0 Å². The maximum absolute atomic E-state index is 14.0. The molecule has 0 amide bonds. The SMILES string of the molecule is CCN(CCCN(C)C)c1ccc2c(-c3ccc(F)c(C)c3)c3ccc(=N)cc-3oc2c1. The lowest BCUT2D eigenvalue weighted by atomic mass is 9.92. The van der Waals surface area contributed by atoms with Crippen LogP contribution in [0.2, 0.25) is 0 Å². The van der Waals surface area contributed by atoms with Crippen LogP contribution in [0.3, 0.4) is 0 Å². The molecule has 32 heavy (non-hydrogen) atoms. The van der Waals surface area contributed by atoms with Crippen LogP contribution in [0.1, 0.15) is 18.9 Å². The van der Waals surface area contributed by atoms with Gasteiger partial charge in [0.15, 0.2) is 0 Å². The highest BCUT2D eigenvalue weighted by Crippen LogP contribution is 2.41. The van der Waals surface area contributed by atoms with Crippen LogP contribution in [0.4, 0.5) is 10.1 Å². The Morgan fingerprint density at radius 2 is 1.78 bits per heavy atom. The molecule has 4 rings (SSSR count). The number of nitrogens with zero attached hydrogens (tertiary/aromatic N) is 2. The average molecular weight is 432 g/mol. The Bertz CT molecular complexity index is 1280. The van der Waals surface area contributed by atoms with E-state index in [0.29, 0.717) is 16.7 Å². The zero-order valence-corrected chi connectivity index (χ0v) is 19.2. The molecule has 1 N–H and O–H groups in total. The van der Waals surface area contributed by atoms with Crippen LogP contribution in [0.5, 0.6) is 0 Å². The fourth-order valence-corrected chi connectivity index (χ4v) is 4.23. The fraction of sp³-hybridized carbons (Fsp3) is 0.296. The molecule has 2 aromatic rings. The van der Waals surface area contributed by atoms with Crippen molar-refractivity contribution in [3.8, 4) is 22.5 Å². The normalized spacial score (nSPS) is 11.6. The standard InChI is InChI=1S/C27H30FN3O/c1-5-31(14-6-13-30(3)4)21-9-11-23-26(17-21)32-25-16-20(29)8-10-22(25)27(23)19-7-12-24(28)18(2)15-19/h7-12,15-17,29H,5-6,13-14H2,1-4H3. The summed E-state index contributed by atoms with van der Waals surface area (Å²) in [5.41, 5.74) is 5.36. The third kappa shape index (κ3) is 4.39. The molecule has 5 heteroatoms. The lowest BCUT2D eigenvalue weighted by molar-refractivity contribution is 0.400. The van der Waals surface area contributed by atoms with E-state index in [0.717, 1.165) is 59.4 Å². The van der Waals surface area contributed by atoms with Crippen molar-refractivity contribution < 1.29 is 8.81 Å². The van der Waals surface area contributed by atoms with E-state index < -0.39 is 0 Å². The number of aryl methyl sites for hydroxylation is 1. The summed E-state index contributed by atoms with van der Waals surface area (Å²) in [6.45, 7) is 6.86. The van der Waals surface area contributed by atoms with Gasteiger partial charge in [0, 0.05) is 47.4 Å². The number of nitrogens with one attached hydrogen (secondary N) is 1. The Labute approximate surface area is 188 Å². The van der Waals surface area contributed by atoms with Gasteiger partial charge >= 0.3 is 0 Å². The van der Waals surface area contributed by atoms with Gasteiger partial charge in [-0.15, -0.1) is 0 Å². The van der Waals surface area contributed by atoms with Gasteiger partial charge in [-0.1, -0.05) is 6.07 Å². The lowest BCUT2D eigenvalue weighted by Gasteiger charge is -2.25. The van der Waals surface area contributed by atoms with Crippen LogP contribution >= 0.6 is 0 Å². The van der Waals surface area contributed by atoms with Gasteiger partial charge < -0.3 is 19.6 Å². The molecular weight excluding hydrogens is 401 g/mol. The number of hydrogen-bond acceptors (Lipinski definition) is 4. The van der Waals surface area contributed by atoms with Crippen molar-refractivity contribution in [2.45, 2.75) is 20.3 Å². The third-order valence-corrected chi connectivity index (χ3v) is 5.93. The number of benzene rings is 3. The molecule has 0 saturated heterocycles. The predicted molar refractivity (Wildman–Crippen MR) is 130 cm³/mol. The number of anilines is 1. The van der Waals surface area contributed by atoms with Gasteiger partial charge in [0.05, 0.1) is 5.36 Å². The molecule has 166 valence electrons. The number of halogens is 1. The molecule has 1 aliphatic carbocycles. The van der Waals surface area contributed by atoms with Crippen molar-refractivity contribution in [1.29, 1.82) is 5.41 Å². The quantitative estimate of drug-likeness (QED) is 0.370. The van der Waals surface area contributed by atoms with Gasteiger partial charge in [-0.3, -0.25) is 0 Å². The van der Waals surface area contributed by atoms with E-state index in [1.165, 1.54) is 6.07 Å². The van der Waals surface area contributed by atoms with Crippen LogP contribution in [0.15, 0.2) is 59.0 Å². The van der Waals surface area contributed by atoms with E-state index in [9.17, 15) is 4.39 Å². The third-order valence-electron chi connectivity index (χ3n) is 5.93. The molecule has 2 aliphatic rings. The molecule has 0 fully saturated rings. The summed E-state index contributed by atoms with van der Waals surface area (Å²) in [6, 6.07) is 17.0. The maximum Gasteiger partial charge on any atom is 0.137 e. The van der Waals surface area contributed by atoms with Gasteiger partial charge in [-0.05, 0) is 88.4 Å². The first-order valence-corrected chi connectivity index (χ1v) is 11.1. The fourth-order valence-electron chi connectivity index (χ4n) is 4.23. The van der Waals surface area contributed by atoms with Gasteiger partial charge in [0.1, 0.15) is 17.2 Å². The van der Waals surface area contributed by atoms with E-state index in [1.54, 1.807) is 19.1 Å². The predicted octanol–water partition coefficient (Wildman–Crippen LogP) is 5.91. The van der Waals surface area contributed by atoms with Gasteiger partial charge in [-0.2, -0.15) is 0 Å². The summed E-state index contributed by atoms with van der Waals surface area (Å²) in [5.74, 6) is 0.449. The van der Waals surface area contributed by atoms with Crippen molar-refractivity contribution in [3.05, 3.63) is 71.3 Å². The summed E-state index contributed by atoms with van der Waals surface area (Å²) in [5, 5.41) is 9.43. The monoisotopic (exact) mass is 431 g/mol. The molecule has 0 spiro atoms. The van der Waals surface area contributed by atoms with E-state index in [1.807, 2.05) is 18.2 Å². The topological polar surface area (TPSA) is 43.5 Å². The number of fused-ring (bicyclic) bond motifs is 2.